The summed E-state index contributed by atoms with van der Waals surface area (Å²) in [6, 6.07) is 2.63. The number of carbonyl (C=O) groups is 2. The van der Waals surface area contributed by atoms with E-state index in [2.05, 4.69) is 15.3 Å². The maximum Gasteiger partial charge on any atom is 0.328 e. The molecular formula is C19H22ClFN4O3S. The number of rotatable bonds is 6. The van der Waals surface area contributed by atoms with Crippen LogP contribution in [0.2, 0.25) is 5.02 Å². The van der Waals surface area contributed by atoms with E-state index in [4.69, 9.17) is 16.3 Å². The number of nitrogens with zero attached hydrogens (tertiary/aromatic N) is 2. The average molecular weight is 441 g/mol. The van der Waals surface area contributed by atoms with Gasteiger partial charge in [-0.3, -0.25) is 0 Å². The molecule has 0 radical (unpaired) electrons. The van der Waals surface area contributed by atoms with Crippen molar-refractivity contribution in [3.63, 3.8) is 0 Å². The third-order valence-corrected chi connectivity index (χ3v) is 5.77. The first kappa shape index (κ1) is 21.4. The van der Waals surface area contributed by atoms with Crippen LogP contribution in [-0.2, 0) is 16.0 Å². The molecule has 10 heteroatoms. The number of thioether (sulfide) groups is 1. The van der Waals surface area contributed by atoms with E-state index >= 15 is 0 Å². The topological polar surface area (TPSA) is 87.3 Å². The quantitative estimate of drug-likeness (QED) is 0.674. The lowest BCUT2D eigenvalue weighted by atomic mass is 9.96. The molecule has 156 valence electrons. The zero-order valence-corrected chi connectivity index (χ0v) is 17.6. The Morgan fingerprint density at radius 3 is 3.00 bits per heavy atom. The van der Waals surface area contributed by atoms with Crippen LogP contribution >= 0.6 is 23.4 Å². The van der Waals surface area contributed by atoms with Crippen LogP contribution in [0.15, 0.2) is 24.5 Å². The van der Waals surface area contributed by atoms with Crippen molar-refractivity contribution in [1.29, 1.82) is 0 Å². The zero-order valence-electron chi connectivity index (χ0n) is 16.1. The van der Waals surface area contributed by atoms with Crippen LogP contribution in [0, 0.1) is 5.82 Å². The number of imidazole rings is 1. The van der Waals surface area contributed by atoms with Gasteiger partial charge in [-0.1, -0.05) is 17.7 Å². The lowest BCUT2D eigenvalue weighted by Crippen LogP contribution is -2.51. The highest BCUT2D eigenvalue weighted by atomic mass is 35.5. The third kappa shape index (κ3) is 4.67. The number of hydrogen-bond acceptors (Lipinski definition) is 5. The van der Waals surface area contributed by atoms with Gasteiger partial charge in [0.25, 0.3) is 0 Å². The number of nitrogens with one attached hydrogen (secondary N) is 2. The summed E-state index contributed by atoms with van der Waals surface area (Å²) in [6.07, 6.45) is 4.53. The predicted octanol–water partition coefficient (Wildman–Crippen LogP) is 3.15. The molecule has 0 saturated heterocycles. The molecule has 2 heterocycles. The van der Waals surface area contributed by atoms with Gasteiger partial charge in [-0.25, -0.2) is 19.0 Å². The van der Waals surface area contributed by atoms with Crippen molar-refractivity contribution < 1.29 is 18.7 Å². The van der Waals surface area contributed by atoms with Crippen molar-refractivity contribution in [1.82, 2.24) is 20.2 Å². The van der Waals surface area contributed by atoms with Crippen LogP contribution in [0.25, 0.3) is 0 Å². The molecule has 1 aliphatic rings. The van der Waals surface area contributed by atoms with Crippen LogP contribution in [0.4, 0.5) is 9.18 Å². The van der Waals surface area contributed by atoms with E-state index in [9.17, 15) is 14.0 Å². The van der Waals surface area contributed by atoms with Crippen molar-refractivity contribution in [3.8, 4) is 0 Å². The number of methoxy groups -OCH3 is 1. The van der Waals surface area contributed by atoms with Crippen molar-refractivity contribution in [2.45, 2.75) is 24.9 Å². The van der Waals surface area contributed by atoms with Gasteiger partial charge in [0.15, 0.2) is 0 Å². The predicted molar refractivity (Wildman–Crippen MR) is 110 cm³/mol. The molecule has 1 aromatic carbocycles. The molecule has 2 amide bonds. The second-order valence-corrected chi connectivity index (χ2v) is 7.99. The summed E-state index contributed by atoms with van der Waals surface area (Å²) in [4.78, 5) is 34.2. The van der Waals surface area contributed by atoms with E-state index in [-0.39, 0.29) is 5.02 Å². The molecule has 3 rings (SSSR count). The standard InChI is InChI=1S/C19H22ClFN4O3S/c1-28-18(26)15(6-8-29-2)24-19(27)25-7-5-14-16(23-10-22-14)17(25)11-3-4-13(21)12(20)9-11/h3-4,9-10,15,17H,5-8H2,1-2H3,(H,22,23)(H,24,27)/t15-,17+/m0/s1. The van der Waals surface area contributed by atoms with E-state index in [0.717, 1.165) is 5.69 Å². The Kier molecular flexibility index (Phi) is 7.02. The average Bonchev–Trinajstić information content (AvgIpc) is 3.20. The summed E-state index contributed by atoms with van der Waals surface area (Å²) in [5.74, 6) is -0.334. The third-order valence-electron chi connectivity index (χ3n) is 4.84. The number of amides is 2. The number of ether oxygens (including phenoxy) is 1. The highest BCUT2D eigenvalue weighted by Crippen LogP contribution is 2.35. The molecule has 1 aliphatic heterocycles. The number of hydrogen-bond donors (Lipinski definition) is 2. The van der Waals surface area contributed by atoms with Gasteiger partial charge in [0, 0.05) is 18.7 Å². The summed E-state index contributed by atoms with van der Waals surface area (Å²) >= 11 is 7.55. The number of aromatic nitrogens is 2. The lowest BCUT2D eigenvalue weighted by molar-refractivity contribution is -0.142. The molecule has 2 N–H and O–H groups in total. The molecule has 0 bridgehead atoms. The maximum absolute atomic E-state index is 13.7. The summed E-state index contributed by atoms with van der Waals surface area (Å²) in [6.45, 7) is 0.400. The van der Waals surface area contributed by atoms with Crippen molar-refractivity contribution >= 4 is 35.4 Å². The monoisotopic (exact) mass is 440 g/mol. The molecule has 2 aromatic rings. The van der Waals surface area contributed by atoms with Gasteiger partial charge in [-0.05, 0) is 36.1 Å². The van der Waals surface area contributed by atoms with Gasteiger partial charge in [0.2, 0.25) is 0 Å². The van der Waals surface area contributed by atoms with Crippen LogP contribution in [0.1, 0.15) is 29.4 Å². The fourth-order valence-corrected chi connectivity index (χ4v) is 4.03. The highest BCUT2D eigenvalue weighted by molar-refractivity contribution is 7.98. The van der Waals surface area contributed by atoms with Gasteiger partial charge in [-0.2, -0.15) is 11.8 Å². The number of halogens is 2. The molecule has 2 atom stereocenters. The SMILES string of the molecule is COC(=O)[C@H](CCSC)NC(=O)N1CCc2[nH]cnc2[C@H]1c1ccc(F)c(Cl)c1. The van der Waals surface area contributed by atoms with E-state index < -0.39 is 29.9 Å². The van der Waals surface area contributed by atoms with E-state index in [1.54, 1.807) is 29.1 Å². The molecule has 29 heavy (non-hydrogen) atoms. The number of urea groups is 1. The Labute approximate surface area is 177 Å². The number of esters is 1. The Hall–Kier alpha value is -2.26. The fourth-order valence-electron chi connectivity index (χ4n) is 3.37. The first-order chi connectivity index (χ1) is 14.0. The molecule has 0 unspecified atom stereocenters. The van der Waals surface area contributed by atoms with Crippen molar-refractivity contribution in [3.05, 3.63) is 52.3 Å². The number of fused-ring (bicyclic) bond motifs is 1. The van der Waals surface area contributed by atoms with Crippen LogP contribution in [0.5, 0.6) is 0 Å². The van der Waals surface area contributed by atoms with Gasteiger partial charge in [-0.15, -0.1) is 0 Å². The molecule has 0 saturated carbocycles. The minimum atomic E-state index is -0.752. The number of aromatic amines is 1. The van der Waals surface area contributed by atoms with E-state index in [1.807, 2.05) is 6.26 Å². The molecule has 0 aliphatic carbocycles. The Bertz CT molecular complexity index is 894. The normalized spacial score (nSPS) is 16.8. The Morgan fingerprint density at radius 1 is 1.52 bits per heavy atom. The van der Waals surface area contributed by atoms with Crippen LogP contribution < -0.4 is 5.32 Å². The Morgan fingerprint density at radius 2 is 2.31 bits per heavy atom. The first-order valence-electron chi connectivity index (χ1n) is 9.07. The van der Waals surface area contributed by atoms with Gasteiger partial charge in [0.05, 0.1) is 24.2 Å². The minimum absolute atomic E-state index is 0.0297. The smallest absolute Gasteiger partial charge is 0.328 e. The molecular weight excluding hydrogens is 419 g/mol. The van der Waals surface area contributed by atoms with E-state index in [1.165, 1.54) is 19.2 Å². The first-order valence-corrected chi connectivity index (χ1v) is 10.8. The number of H-pyrrole nitrogens is 1. The minimum Gasteiger partial charge on any atom is -0.467 e. The van der Waals surface area contributed by atoms with Crippen molar-refractivity contribution in [2.24, 2.45) is 0 Å². The maximum atomic E-state index is 13.7. The Balaban J connectivity index is 1.90. The van der Waals surface area contributed by atoms with Crippen LogP contribution in [0.3, 0.4) is 0 Å². The summed E-state index contributed by atoms with van der Waals surface area (Å²) in [5.41, 5.74) is 2.22. The van der Waals surface area contributed by atoms with Gasteiger partial charge in [0.1, 0.15) is 17.9 Å². The molecule has 0 spiro atoms. The largest absolute Gasteiger partial charge is 0.467 e. The lowest BCUT2D eigenvalue weighted by Gasteiger charge is -2.36. The second kappa shape index (κ2) is 9.49. The summed E-state index contributed by atoms with van der Waals surface area (Å²) in [7, 11) is 1.29. The summed E-state index contributed by atoms with van der Waals surface area (Å²) in [5, 5.41) is 2.75. The molecule has 1 aromatic heterocycles. The van der Waals surface area contributed by atoms with Crippen LogP contribution in [-0.4, -0.2) is 58.6 Å². The highest BCUT2D eigenvalue weighted by Gasteiger charge is 2.36. The molecule has 0 fully saturated rings. The van der Waals surface area contributed by atoms with E-state index in [0.29, 0.717) is 36.4 Å². The number of carbonyl (C=O) groups excluding carboxylic acids is 2. The number of benzene rings is 1. The second-order valence-electron chi connectivity index (χ2n) is 6.59. The summed E-state index contributed by atoms with van der Waals surface area (Å²) < 4.78 is 18.5. The van der Waals surface area contributed by atoms with Gasteiger partial charge < -0.3 is 19.9 Å². The zero-order chi connectivity index (χ0) is 21.0. The van der Waals surface area contributed by atoms with Crippen molar-refractivity contribution in [2.75, 3.05) is 25.7 Å². The molecule has 7 nitrogen and oxygen atoms in total. The van der Waals surface area contributed by atoms with Gasteiger partial charge >= 0.3 is 12.0 Å². The fraction of sp³-hybridized carbons (Fsp3) is 0.421.